The normalized spacial score (nSPS) is 12.1. The van der Waals surface area contributed by atoms with Crippen LogP contribution in [0.1, 0.15) is 12.5 Å². The monoisotopic (exact) mass is 222 g/mol. The third-order valence-corrected chi connectivity index (χ3v) is 3.42. The summed E-state index contributed by atoms with van der Waals surface area (Å²) in [7, 11) is 0. The van der Waals surface area contributed by atoms with Crippen molar-refractivity contribution < 1.29 is 5.11 Å². The van der Waals surface area contributed by atoms with E-state index in [9.17, 15) is 0 Å². The summed E-state index contributed by atoms with van der Waals surface area (Å²) >= 11 is 1.57. The van der Waals surface area contributed by atoms with Crippen LogP contribution in [0.15, 0.2) is 23.1 Å². The Bertz CT molecular complexity index is 373. The third-order valence-electron chi connectivity index (χ3n) is 2.02. The van der Waals surface area contributed by atoms with E-state index in [4.69, 9.17) is 16.1 Å². The van der Waals surface area contributed by atoms with Crippen LogP contribution in [0.25, 0.3) is 0 Å². The van der Waals surface area contributed by atoms with Gasteiger partial charge in [0.1, 0.15) is 6.07 Å². The number of nitrogens with two attached hydrogens (primary N) is 1. The summed E-state index contributed by atoms with van der Waals surface area (Å²) in [5.74, 6) is 1.04. The van der Waals surface area contributed by atoms with Gasteiger partial charge in [0.2, 0.25) is 0 Å². The Kier molecular flexibility index (Phi) is 4.47. The maximum absolute atomic E-state index is 8.89. The molecule has 3 N–H and O–H groups in total. The number of rotatable bonds is 4. The van der Waals surface area contributed by atoms with Gasteiger partial charge in [-0.05, 0) is 18.1 Å². The van der Waals surface area contributed by atoms with Crippen LogP contribution in [0.4, 0.5) is 5.69 Å². The van der Waals surface area contributed by atoms with Crippen LogP contribution in [-0.4, -0.2) is 17.5 Å². The molecule has 0 saturated carbocycles. The summed E-state index contributed by atoms with van der Waals surface area (Å²) in [5, 5.41) is 17.7. The maximum Gasteiger partial charge on any atom is 0.101 e. The number of benzene rings is 1. The SMILES string of the molecule is CC(CO)CSc1cccc(C#N)c1N. The Morgan fingerprint density at radius 2 is 2.33 bits per heavy atom. The van der Waals surface area contributed by atoms with Gasteiger partial charge in [-0.15, -0.1) is 11.8 Å². The minimum Gasteiger partial charge on any atom is -0.397 e. The fraction of sp³-hybridized carbons (Fsp3) is 0.364. The van der Waals surface area contributed by atoms with Crippen LogP contribution in [0, 0.1) is 17.2 Å². The summed E-state index contributed by atoms with van der Waals surface area (Å²) in [4.78, 5) is 0.911. The minimum absolute atomic E-state index is 0.171. The van der Waals surface area contributed by atoms with E-state index in [1.165, 1.54) is 0 Å². The van der Waals surface area contributed by atoms with Crippen LogP contribution < -0.4 is 5.73 Å². The molecular weight excluding hydrogens is 208 g/mol. The molecule has 80 valence electrons. The van der Waals surface area contributed by atoms with Crippen LogP contribution in [0.5, 0.6) is 0 Å². The van der Waals surface area contributed by atoms with Crippen molar-refractivity contribution in [3.63, 3.8) is 0 Å². The predicted octanol–water partition coefficient (Wildman–Crippen LogP) is 1.86. The molecule has 0 bridgehead atoms. The summed E-state index contributed by atoms with van der Waals surface area (Å²) in [5.41, 5.74) is 6.86. The first-order valence-electron chi connectivity index (χ1n) is 4.71. The van der Waals surface area contributed by atoms with E-state index in [1.54, 1.807) is 17.8 Å². The van der Waals surface area contributed by atoms with E-state index >= 15 is 0 Å². The van der Waals surface area contributed by atoms with Gasteiger partial charge in [-0.1, -0.05) is 13.0 Å². The minimum atomic E-state index is 0.171. The maximum atomic E-state index is 8.89. The van der Waals surface area contributed by atoms with E-state index in [1.807, 2.05) is 25.1 Å². The molecule has 0 aliphatic heterocycles. The standard InChI is InChI=1S/C11H14N2OS/c1-8(6-14)7-15-10-4-2-3-9(5-12)11(10)13/h2-4,8,14H,6-7,13H2,1H3. The number of hydrogen-bond acceptors (Lipinski definition) is 4. The highest BCUT2D eigenvalue weighted by molar-refractivity contribution is 7.99. The van der Waals surface area contributed by atoms with E-state index in [2.05, 4.69) is 0 Å². The third kappa shape index (κ3) is 3.15. The molecule has 3 nitrogen and oxygen atoms in total. The molecule has 0 spiro atoms. The highest BCUT2D eigenvalue weighted by Gasteiger charge is 2.06. The Labute approximate surface area is 93.9 Å². The Balaban J connectivity index is 2.74. The smallest absolute Gasteiger partial charge is 0.101 e. The molecular formula is C11H14N2OS. The molecule has 15 heavy (non-hydrogen) atoms. The Hall–Kier alpha value is -1.18. The van der Waals surface area contributed by atoms with Crippen molar-refractivity contribution in [2.75, 3.05) is 18.1 Å². The van der Waals surface area contributed by atoms with Gasteiger partial charge >= 0.3 is 0 Å². The molecule has 0 radical (unpaired) electrons. The largest absolute Gasteiger partial charge is 0.397 e. The quantitative estimate of drug-likeness (QED) is 0.602. The molecule has 0 aliphatic carbocycles. The number of hydrogen-bond donors (Lipinski definition) is 2. The summed E-state index contributed by atoms with van der Waals surface area (Å²) in [6, 6.07) is 7.47. The fourth-order valence-corrected chi connectivity index (χ4v) is 2.06. The summed E-state index contributed by atoms with van der Waals surface area (Å²) in [6.45, 7) is 2.14. The van der Waals surface area contributed by atoms with Crippen molar-refractivity contribution in [1.29, 1.82) is 5.26 Å². The van der Waals surface area contributed by atoms with E-state index in [0.29, 0.717) is 11.3 Å². The highest BCUT2D eigenvalue weighted by atomic mass is 32.2. The average Bonchev–Trinajstić information content (AvgIpc) is 2.27. The van der Waals surface area contributed by atoms with Gasteiger partial charge in [0.25, 0.3) is 0 Å². The van der Waals surface area contributed by atoms with Gasteiger partial charge in [0.05, 0.1) is 11.3 Å². The lowest BCUT2D eigenvalue weighted by Gasteiger charge is -2.09. The first-order valence-corrected chi connectivity index (χ1v) is 5.69. The van der Waals surface area contributed by atoms with Crippen molar-refractivity contribution in [3.8, 4) is 6.07 Å². The van der Waals surface area contributed by atoms with Crippen LogP contribution in [0.2, 0.25) is 0 Å². The van der Waals surface area contributed by atoms with E-state index < -0.39 is 0 Å². The molecule has 0 amide bonds. The molecule has 4 heteroatoms. The number of nitrogen functional groups attached to an aromatic ring is 1. The fourth-order valence-electron chi connectivity index (χ4n) is 1.05. The molecule has 1 aromatic carbocycles. The lowest BCUT2D eigenvalue weighted by Crippen LogP contribution is -2.04. The Morgan fingerprint density at radius 1 is 1.60 bits per heavy atom. The second kappa shape index (κ2) is 5.64. The lowest BCUT2D eigenvalue weighted by atomic mass is 10.2. The molecule has 0 saturated heterocycles. The summed E-state index contributed by atoms with van der Waals surface area (Å²) < 4.78 is 0. The van der Waals surface area contributed by atoms with E-state index in [0.717, 1.165) is 10.6 Å². The lowest BCUT2D eigenvalue weighted by molar-refractivity contribution is 0.250. The molecule has 1 unspecified atom stereocenters. The number of anilines is 1. The van der Waals surface area contributed by atoms with Crippen LogP contribution in [-0.2, 0) is 0 Å². The topological polar surface area (TPSA) is 70.0 Å². The molecule has 1 atom stereocenters. The number of thioether (sulfide) groups is 1. The van der Waals surface area contributed by atoms with Gasteiger partial charge < -0.3 is 10.8 Å². The van der Waals surface area contributed by atoms with Crippen molar-refractivity contribution in [2.24, 2.45) is 5.92 Å². The van der Waals surface area contributed by atoms with Gasteiger partial charge in [0.15, 0.2) is 0 Å². The summed E-state index contributed by atoms with van der Waals surface area (Å²) in [6.07, 6.45) is 0. The van der Waals surface area contributed by atoms with Gasteiger partial charge in [-0.2, -0.15) is 5.26 Å². The second-order valence-electron chi connectivity index (χ2n) is 3.43. The van der Waals surface area contributed by atoms with Gasteiger partial charge in [0, 0.05) is 17.3 Å². The number of aliphatic hydroxyl groups excluding tert-OH is 1. The first kappa shape index (κ1) is 11.9. The molecule has 1 aromatic rings. The van der Waals surface area contributed by atoms with Gasteiger partial charge in [-0.3, -0.25) is 0 Å². The highest BCUT2D eigenvalue weighted by Crippen LogP contribution is 2.28. The molecule has 1 rings (SSSR count). The average molecular weight is 222 g/mol. The van der Waals surface area contributed by atoms with Crippen molar-refractivity contribution in [3.05, 3.63) is 23.8 Å². The predicted molar refractivity (Wildman–Crippen MR) is 62.5 cm³/mol. The number of nitrogens with zero attached hydrogens (tertiary/aromatic N) is 1. The second-order valence-corrected chi connectivity index (χ2v) is 4.49. The first-order chi connectivity index (χ1) is 7.19. The molecule has 0 aliphatic rings. The molecule has 0 aromatic heterocycles. The van der Waals surface area contributed by atoms with Crippen LogP contribution in [0.3, 0.4) is 0 Å². The van der Waals surface area contributed by atoms with Crippen molar-refractivity contribution in [2.45, 2.75) is 11.8 Å². The van der Waals surface area contributed by atoms with Gasteiger partial charge in [-0.25, -0.2) is 0 Å². The number of para-hydroxylation sites is 1. The Morgan fingerprint density at radius 3 is 2.93 bits per heavy atom. The molecule has 0 fully saturated rings. The zero-order chi connectivity index (χ0) is 11.3. The number of aliphatic hydroxyl groups is 1. The van der Waals surface area contributed by atoms with Crippen LogP contribution >= 0.6 is 11.8 Å². The number of nitriles is 1. The zero-order valence-corrected chi connectivity index (χ0v) is 9.42. The van der Waals surface area contributed by atoms with Crippen molar-refractivity contribution >= 4 is 17.4 Å². The zero-order valence-electron chi connectivity index (χ0n) is 8.60. The molecule has 0 heterocycles. The van der Waals surface area contributed by atoms with E-state index in [-0.39, 0.29) is 12.5 Å². The van der Waals surface area contributed by atoms with Crippen molar-refractivity contribution in [1.82, 2.24) is 0 Å².